The number of hydrogen-bond acceptors (Lipinski definition) is 8. The maximum atomic E-state index is 10.3. The van der Waals surface area contributed by atoms with E-state index in [1.807, 2.05) is 12.1 Å². The van der Waals surface area contributed by atoms with E-state index in [9.17, 15) is 30.0 Å². The molecular weight excluding hydrogens is 866 g/mol. The second kappa shape index (κ2) is 42.1. The average molecular weight is 949 g/mol. The van der Waals surface area contributed by atoms with E-state index < -0.39 is 11.9 Å². The molecule has 0 bridgehead atoms. The van der Waals surface area contributed by atoms with Crippen LogP contribution in [0.15, 0.2) is 60.7 Å². The van der Waals surface area contributed by atoms with Gasteiger partial charge in [-0.15, -0.1) is 0 Å². The van der Waals surface area contributed by atoms with E-state index >= 15 is 0 Å². The second-order valence-corrected chi connectivity index (χ2v) is 16.4. The van der Waals surface area contributed by atoms with Crippen LogP contribution in [0.1, 0.15) is 205 Å². The summed E-state index contributed by atoms with van der Waals surface area (Å²) < 4.78 is 12.3. The molecule has 8 nitrogen and oxygen atoms in total. The molecule has 0 fully saturated rings. The van der Waals surface area contributed by atoms with Gasteiger partial charge in [-0.25, -0.2) is 0 Å². The number of aliphatic hydroxyl groups is 2. The number of unbranched alkanes of at least 4 members (excludes halogenated alkanes) is 12. The van der Waals surface area contributed by atoms with Crippen molar-refractivity contribution in [2.24, 2.45) is 0 Å². The van der Waals surface area contributed by atoms with E-state index in [1.165, 1.54) is 62.5 Å². The monoisotopic (exact) mass is 949 g/mol. The van der Waals surface area contributed by atoms with Gasteiger partial charge in [0.2, 0.25) is 0 Å². The Labute approximate surface area is 400 Å². The van der Waals surface area contributed by atoms with Crippen LogP contribution in [-0.2, 0) is 32.3 Å². The molecule has 0 heterocycles. The van der Waals surface area contributed by atoms with Crippen LogP contribution >= 0.6 is 0 Å². The van der Waals surface area contributed by atoms with Gasteiger partial charge in [0.05, 0.1) is 37.6 Å². The minimum Gasteiger partial charge on any atom is -0.550 e. The second-order valence-electron chi connectivity index (χ2n) is 16.4. The molecule has 9 heteroatoms. The number of rotatable bonds is 38. The van der Waals surface area contributed by atoms with Gasteiger partial charge in [0.1, 0.15) is 0 Å². The Bertz CT molecular complexity index is 1110. The summed E-state index contributed by atoms with van der Waals surface area (Å²) in [6.45, 7) is 5.84. The molecule has 0 saturated carbocycles. The third-order valence-electron chi connectivity index (χ3n) is 10.8. The zero-order valence-electron chi connectivity index (χ0n) is 37.3. The summed E-state index contributed by atoms with van der Waals surface area (Å²) in [6.07, 6.45) is 27.3. The van der Waals surface area contributed by atoms with Crippen molar-refractivity contribution in [3.05, 3.63) is 71.8 Å². The van der Waals surface area contributed by atoms with Gasteiger partial charge < -0.3 is 39.5 Å². The molecule has 0 saturated heterocycles. The van der Waals surface area contributed by atoms with Crippen LogP contribution < -0.4 is 10.2 Å². The fraction of sp³-hybridized carbons (Fsp3) is 0.720. The molecule has 2 rings (SSSR count). The molecule has 59 heavy (non-hydrogen) atoms. The summed E-state index contributed by atoms with van der Waals surface area (Å²) in [5, 5.41) is 40.7. The van der Waals surface area contributed by atoms with Gasteiger partial charge in [0.15, 0.2) is 0 Å². The first-order valence-electron chi connectivity index (χ1n) is 23.3. The predicted molar refractivity (Wildman–Crippen MR) is 238 cm³/mol. The summed E-state index contributed by atoms with van der Waals surface area (Å²) in [6, 6.07) is 20.8. The largest absolute Gasteiger partial charge is 2.00 e. The first kappa shape index (κ1) is 57.8. The van der Waals surface area contributed by atoms with Gasteiger partial charge in [0.25, 0.3) is 0 Å². The number of aliphatic hydroxyl groups excluding tert-OH is 2. The maximum Gasteiger partial charge on any atom is 2.00 e. The minimum absolute atomic E-state index is 0. The number of carboxylic acid groups (broad SMARTS) is 2. The molecule has 0 aliphatic rings. The number of ether oxygens (including phenoxy) is 2. The van der Waals surface area contributed by atoms with Crippen molar-refractivity contribution in [1.82, 2.24) is 0 Å². The Morgan fingerprint density at radius 2 is 0.746 bits per heavy atom. The van der Waals surface area contributed by atoms with Crippen molar-refractivity contribution >= 4 is 60.8 Å². The summed E-state index contributed by atoms with van der Waals surface area (Å²) in [4.78, 5) is 20.7. The summed E-state index contributed by atoms with van der Waals surface area (Å²) in [7, 11) is 0. The van der Waals surface area contributed by atoms with Crippen LogP contribution in [0.5, 0.6) is 0 Å². The van der Waals surface area contributed by atoms with Crippen molar-refractivity contribution in [1.29, 1.82) is 0 Å². The average Bonchev–Trinajstić information content (AvgIpc) is 3.21. The van der Waals surface area contributed by atoms with Crippen LogP contribution in [0, 0.1) is 0 Å². The molecule has 2 N–H and O–H groups in total. The van der Waals surface area contributed by atoms with Crippen LogP contribution in [-0.4, -0.2) is 95.4 Å². The quantitative estimate of drug-likeness (QED) is 0.0501. The summed E-state index contributed by atoms with van der Waals surface area (Å²) in [5.41, 5.74) is 2.48. The Hall–Kier alpha value is -1.21. The topological polar surface area (TPSA) is 139 Å². The van der Waals surface area contributed by atoms with Gasteiger partial charge in [-0.1, -0.05) is 177 Å². The number of carbonyl (C=O) groups is 2. The SMILES string of the molecule is CCCC(CCCCCCCC(O)CCCCCC(=O)[O-])OCc1ccccc1.CCCC(CCCCCCCC(O)CCCCCC(=O)[O-])OCc1ccccc1.[Ba+2]. The van der Waals surface area contributed by atoms with Crippen LogP contribution in [0.4, 0.5) is 0 Å². The zero-order valence-corrected chi connectivity index (χ0v) is 41.8. The number of benzene rings is 2. The van der Waals surface area contributed by atoms with Gasteiger partial charge in [-0.2, -0.15) is 0 Å². The first-order chi connectivity index (χ1) is 28.2. The number of carbonyl (C=O) groups excluding carboxylic acids is 2. The molecule has 0 aromatic heterocycles. The van der Waals surface area contributed by atoms with E-state index in [0.29, 0.717) is 38.3 Å². The molecule has 0 amide bonds. The number of aliphatic carboxylic acids is 2. The van der Waals surface area contributed by atoms with E-state index in [2.05, 4.69) is 62.4 Å². The molecule has 0 aliphatic heterocycles. The molecule has 0 aliphatic carbocycles. The molecule has 4 atom stereocenters. The summed E-state index contributed by atoms with van der Waals surface area (Å²) in [5.74, 6) is -1.95. The third kappa shape index (κ3) is 38.2. The van der Waals surface area contributed by atoms with Crippen LogP contribution in [0.25, 0.3) is 0 Å². The Kier molecular flexibility index (Phi) is 41.2. The molecular formula is C50H82BaO8. The van der Waals surface area contributed by atoms with E-state index in [-0.39, 0.29) is 73.9 Å². The zero-order chi connectivity index (χ0) is 42.3. The smallest absolute Gasteiger partial charge is 0.550 e. The minimum atomic E-state index is -0.977. The molecule has 0 radical (unpaired) electrons. The Balaban J connectivity index is 0.00000112. The first-order valence-corrected chi connectivity index (χ1v) is 23.3. The normalized spacial score (nSPS) is 13.1. The molecule has 0 spiro atoms. The van der Waals surface area contributed by atoms with Crippen molar-refractivity contribution < 1.29 is 39.5 Å². The van der Waals surface area contributed by atoms with Crippen LogP contribution in [0.2, 0.25) is 0 Å². The fourth-order valence-corrected chi connectivity index (χ4v) is 7.35. The number of hydrogen-bond donors (Lipinski definition) is 2. The third-order valence-corrected chi connectivity index (χ3v) is 10.8. The standard InChI is InChI=1S/2C25H42O4.Ba/c2*1-2-14-24(29-21-22-15-8-6-9-16-22)19-12-5-3-4-10-17-23(26)18-11-7-13-20-25(27)28;/h2*6,8-9,15-16,23-24,26H,2-5,7,10-14,17-21H2,1H3,(H,27,28);/q;;+2/p-2. The van der Waals surface area contributed by atoms with E-state index in [1.54, 1.807) is 0 Å². The van der Waals surface area contributed by atoms with Gasteiger partial charge in [-0.05, 0) is 88.2 Å². The molecule has 332 valence electrons. The molecule has 2 aromatic carbocycles. The van der Waals surface area contributed by atoms with Gasteiger partial charge in [0, 0.05) is 11.9 Å². The molecule has 2 aromatic rings. The van der Waals surface area contributed by atoms with Gasteiger partial charge >= 0.3 is 48.9 Å². The Morgan fingerprint density at radius 1 is 0.458 bits per heavy atom. The fourth-order valence-electron chi connectivity index (χ4n) is 7.35. The molecule has 4 unspecified atom stereocenters. The van der Waals surface area contributed by atoms with Crippen molar-refractivity contribution in [2.75, 3.05) is 0 Å². The predicted octanol–water partition coefficient (Wildman–Crippen LogP) is 9.95. The maximum absolute atomic E-state index is 10.3. The number of carboxylic acids is 2. The van der Waals surface area contributed by atoms with Crippen LogP contribution in [0.3, 0.4) is 0 Å². The van der Waals surface area contributed by atoms with E-state index in [0.717, 1.165) is 103 Å². The summed E-state index contributed by atoms with van der Waals surface area (Å²) >= 11 is 0. The van der Waals surface area contributed by atoms with Gasteiger partial charge in [-0.3, -0.25) is 0 Å². The van der Waals surface area contributed by atoms with Crippen molar-refractivity contribution in [3.63, 3.8) is 0 Å². The van der Waals surface area contributed by atoms with E-state index in [4.69, 9.17) is 9.47 Å². The van der Waals surface area contributed by atoms with Crippen molar-refractivity contribution in [3.8, 4) is 0 Å². The Morgan fingerprint density at radius 3 is 1.05 bits per heavy atom. The van der Waals surface area contributed by atoms with Crippen molar-refractivity contribution in [2.45, 2.75) is 231 Å².